The fourth-order valence-corrected chi connectivity index (χ4v) is 5.36. The van der Waals surface area contributed by atoms with E-state index in [0.717, 1.165) is 11.1 Å². The molecule has 178 valence electrons. The number of hydrogen-bond acceptors (Lipinski definition) is 7. The van der Waals surface area contributed by atoms with E-state index in [9.17, 15) is 14.7 Å². The number of ether oxygens (including phenoxy) is 1. The topological polar surface area (TPSA) is 121 Å². The minimum Gasteiger partial charge on any atom is -0.464 e. The summed E-state index contributed by atoms with van der Waals surface area (Å²) >= 11 is 0. The molecule has 3 N–H and O–H groups in total. The monoisotopic (exact) mass is 475 g/mol. The molecule has 0 aliphatic carbocycles. The molecular weight excluding hydrogens is 453 g/mol. The predicted molar refractivity (Wildman–Crippen MR) is 125 cm³/mol. The highest BCUT2D eigenvalue weighted by molar-refractivity contribution is 6.00. The summed E-state index contributed by atoms with van der Waals surface area (Å²) in [6.45, 7) is 3.45. The second-order valence-electron chi connectivity index (χ2n) is 8.95. The first-order valence-corrected chi connectivity index (χ1v) is 11.4. The van der Waals surface area contributed by atoms with Gasteiger partial charge in [0, 0.05) is 34.7 Å². The molecule has 5 heterocycles. The Morgan fingerprint density at radius 1 is 1.29 bits per heavy atom. The number of halogens is 1. The third-order valence-electron chi connectivity index (χ3n) is 7.26. The highest BCUT2D eigenvalue weighted by Crippen LogP contribution is 2.43. The van der Waals surface area contributed by atoms with E-state index in [1.165, 1.54) is 12.3 Å². The van der Waals surface area contributed by atoms with Gasteiger partial charge in [0.1, 0.15) is 18.2 Å². The molecule has 0 radical (unpaired) electrons. The molecule has 9 heteroatoms. The highest BCUT2D eigenvalue weighted by Gasteiger charge is 2.45. The number of nitrogens with two attached hydrogens (primary N) is 1. The van der Waals surface area contributed by atoms with E-state index >= 15 is 4.39 Å². The van der Waals surface area contributed by atoms with Gasteiger partial charge in [-0.15, -0.1) is 0 Å². The van der Waals surface area contributed by atoms with Crippen LogP contribution in [0.25, 0.3) is 33.6 Å². The normalized spacial score (nSPS) is 18.4. The quantitative estimate of drug-likeness (QED) is 0.384. The van der Waals surface area contributed by atoms with Crippen LogP contribution in [0.5, 0.6) is 0 Å². The number of hydrogen-bond donors (Lipinski definition) is 2. The van der Waals surface area contributed by atoms with Gasteiger partial charge in [0.05, 0.1) is 35.3 Å². The van der Waals surface area contributed by atoms with E-state index in [-0.39, 0.29) is 42.8 Å². The minimum atomic E-state index is -1.92. The van der Waals surface area contributed by atoms with Gasteiger partial charge in [-0.25, -0.2) is 14.2 Å². The molecule has 2 aliphatic heterocycles. The summed E-state index contributed by atoms with van der Waals surface area (Å²) in [5.74, 6) is -0.733. The van der Waals surface area contributed by atoms with Crippen molar-refractivity contribution in [3.63, 3.8) is 0 Å². The number of aliphatic hydroxyl groups is 1. The highest BCUT2D eigenvalue weighted by atomic mass is 19.1. The molecule has 4 aromatic rings. The fourth-order valence-electron chi connectivity index (χ4n) is 5.36. The predicted octanol–water partition coefficient (Wildman–Crippen LogP) is 3.25. The summed E-state index contributed by atoms with van der Waals surface area (Å²) in [7, 11) is 0. The Morgan fingerprint density at radius 2 is 2.09 bits per heavy atom. The summed E-state index contributed by atoms with van der Waals surface area (Å²) in [6, 6.07) is 6.47. The maximum Gasteiger partial charge on any atom is 0.343 e. The summed E-state index contributed by atoms with van der Waals surface area (Å²) in [4.78, 5) is 30.6. The maximum atomic E-state index is 15.0. The Balaban J connectivity index is 1.69. The number of esters is 1. The van der Waals surface area contributed by atoms with Gasteiger partial charge in [0.2, 0.25) is 0 Å². The molecule has 3 aromatic heterocycles. The molecule has 8 nitrogen and oxygen atoms in total. The summed E-state index contributed by atoms with van der Waals surface area (Å²) in [6.07, 6.45) is 1.57. The molecule has 0 unspecified atom stereocenters. The van der Waals surface area contributed by atoms with Crippen LogP contribution < -0.4 is 11.3 Å². The van der Waals surface area contributed by atoms with Gasteiger partial charge in [0.15, 0.2) is 5.60 Å². The first kappa shape index (κ1) is 21.7. The molecule has 2 aliphatic rings. The van der Waals surface area contributed by atoms with Crippen molar-refractivity contribution in [1.82, 2.24) is 9.55 Å². The van der Waals surface area contributed by atoms with Gasteiger partial charge in [-0.2, -0.15) is 0 Å². The lowest BCUT2D eigenvalue weighted by Gasteiger charge is -2.31. The molecule has 0 bridgehead atoms. The number of pyridine rings is 2. The SMILES string of the molecule is CC[C@@]1(O)C(=O)OCc2c1cc1n(c2=O)Cc2c-1nc1cc(F)c(C)c(-c3ccco3)c1c2CN. The van der Waals surface area contributed by atoms with Crippen molar-refractivity contribution in [2.45, 2.75) is 45.6 Å². The van der Waals surface area contributed by atoms with Crippen molar-refractivity contribution >= 4 is 16.9 Å². The lowest BCUT2D eigenvalue weighted by molar-refractivity contribution is -0.172. The third kappa shape index (κ3) is 2.76. The Kier molecular flexibility index (Phi) is 4.55. The standard InChI is InChI=1S/C26H22FN3O5/c1-3-26(33)16-7-19-23-14(10-30(19)24(31)15(16)11-35-25(26)32)13(9-28)22-18(29-23)8-17(27)12(2)21(22)20-5-4-6-34-20/h4-8,33H,3,9-11,28H2,1-2H3/t26-/m0/s1. The molecule has 0 spiro atoms. The van der Waals surface area contributed by atoms with Crippen LogP contribution in [0.15, 0.2) is 39.7 Å². The lowest BCUT2D eigenvalue weighted by atomic mass is 9.86. The number of benzene rings is 1. The number of fused-ring (bicyclic) bond motifs is 5. The van der Waals surface area contributed by atoms with Crippen LogP contribution in [0.2, 0.25) is 0 Å². The molecular formula is C26H22FN3O5. The van der Waals surface area contributed by atoms with Crippen LogP contribution in [0, 0.1) is 12.7 Å². The van der Waals surface area contributed by atoms with Crippen LogP contribution in [0.4, 0.5) is 4.39 Å². The summed E-state index contributed by atoms with van der Waals surface area (Å²) < 4.78 is 27.3. The molecule has 0 saturated carbocycles. The van der Waals surface area contributed by atoms with Crippen LogP contribution in [0.1, 0.15) is 41.2 Å². The average Bonchev–Trinajstić information content (AvgIpc) is 3.50. The minimum absolute atomic E-state index is 0.0464. The number of carbonyl (C=O) groups is 1. The summed E-state index contributed by atoms with van der Waals surface area (Å²) in [5.41, 5.74) is 8.17. The van der Waals surface area contributed by atoms with Crippen molar-refractivity contribution in [2.24, 2.45) is 5.73 Å². The third-order valence-corrected chi connectivity index (χ3v) is 7.26. The van der Waals surface area contributed by atoms with E-state index in [1.54, 1.807) is 36.6 Å². The van der Waals surface area contributed by atoms with Gasteiger partial charge >= 0.3 is 5.97 Å². The number of rotatable bonds is 3. The van der Waals surface area contributed by atoms with E-state index in [4.69, 9.17) is 19.9 Å². The van der Waals surface area contributed by atoms with Crippen molar-refractivity contribution in [3.8, 4) is 22.7 Å². The van der Waals surface area contributed by atoms with Crippen LogP contribution in [-0.2, 0) is 34.8 Å². The van der Waals surface area contributed by atoms with E-state index < -0.39 is 17.4 Å². The van der Waals surface area contributed by atoms with Crippen molar-refractivity contribution < 1.29 is 23.4 Å². The van der Waals surface area contributed by atoms with Gasteiger partial charge in [0.25, 0.3) is 5.56 Å². The van der Waals surface area contributed by atoms with Gasteiger partial charge in [-0.05, 0) is 42.7 Å². The first-order chi connectivity index (χ1) is 16.8. The smallest absolute Gasteiger partial charge is 0.343 e. The first-order valence-electron chi connectivity index (χ1n) is 11.4. The Hall–Kier alpha value is -3.82. The van der Waals surface area contributed by atoms with Crippen LogP contribution in [0.3, 0.4) is 0 Å². The zero-order valence-electron chi connectivity index (χ0n) is 19.1. The summed E-state index contributed by atoms with van der Waals surface area (Å²) in [5, 5.41) is 11.7. The number of aromatic nitrogens is 2. The van der Waals surface area contributed by atoms with Gasteiger partial charge in [-0.3, -0.25) is 4.79 Å². The fraction of sp³-hybridized carbons (Fsp3) is 0.269. The maximum absolute atomic E-state index is 15.0. The van der Waals surface area contributed by atoms with Crippen molar-refractivity contribution in [1.29, 1.82) is 0 Å². The van der Waals surface area contributed by atoms with Crippen molar-refractivity contribution in [2.75, 3.05) is 0 Å². The van der Waals surface area contributed by atoms with Gasteiger partial charge in [-0.1, -0.05) is 6.92 Å². The molecule has 0 amide bonds. The zero-order chi connectivity index (χ0) is 24.6. The zero-order valence-corrected chi connectivity index (χ0v) is 19.1. The number of nitrogens with zero attached hydrogens (tertiary/aromatic N) is 2. The van der Waals surface area contributed by atoms with E-state index in [0.29, 0.717) is 39.2 Å². The largest absolute Gasteiger partial charge is 0.464 e. The number of carbonyl (C=O) groups excluding carboxylic acids is 1. The molecule has 6 rings (SSSR count). The molecule has 0 saturated heterocycles. The molecule has 1 atom stereocenters. The van der Waals surface area contributed by atoms with Crippen molar-refractivity contribution in [3.05, 3.63) is 74.5 Å². The van der Waals surface area contributed by atoms with E-state index in [1.807, 2.05) is 0 Å². The van der Waals surface area contributed by atoms with Crippen LogP contribution in [-0.4, -0.2) is 20.6 Å². The molecule has 35 heavy (non-hydrogen) atoms. The number of furan rings is 1. The second-order valence-corrected chi connectivity index (χ2v) is 8.95. The Labute approximate surface area is 198 Å². The second kappa shape index (κ2) is 7.34. The van der Waals surface area contributed by atoms with E-state index in [2.05, 4.69) is 0 Å². The lowest BCUT2D eigenvalue weighted by Crippen LogP contribution is -2.44. The molecule has 1 aromatic carbocycles. The van der Waals surface area contributed by atoms with Crippen LogP contribution >= 0.6 is 0 Å². The molecule has 0 fully saturated rings. The Morgan fingerprint density at radius 3 is 2.77 bits per heavy atom. The average molecular weight is 475 g/mol. The van der Waals surface area contributed by atoms with Gasteiger partial charge < -0.3 is 24.6 Å². The number of cyclic esters (lactones) is 1. The Bertz CT molecular complexity index is 1620.